The van der Waals surface area contributed by atoms with E-state index in [1.54, 1.807) is 0 Å². The Bertz CT molecular complexity index is 987. The van der Waals surface area contributed by atoms with Gasteiger partial charge in [0, 0.05) is 29.7 Å². The van der Waals surface area contributed by atoms with Crippen LogP contribution >= 0.6 is 15.9 Å². The summed E-state index contributed by atoms with van der Waals surface area (Å²) in [6, 6.07) is 20.3. The molecule has 6 heteroatoms. The molecule has 3 aromatic rings. The minimum Gasteiger partial charge on any atom is -0.354 e. The fourth-order valence-corrected chi connectivity index (χ4v) is 3.97. The number of nitrogens with one attached hydrogen (secondary N) is 1. The van der Waals surface area contributed by atoms with Crippen molar-refractivity contribution in [3.8, 4) is 11.3 Å². The van der Waals surface area contributed by atoms with Gasteiger partial charge in [0.25, 0.3) is 0 Å². The van der Waals surface area contributed by atoms with Crippen LogP contribution in [0.25, 0.3) is 11.3 Å². The third-order valence-electron chi connectivity index (χ3n) is 5.49. The Morgan fingerprint density at radius 1 is 1.07 bits per heavy atom. The molecule has 1 fully saturated rings. The van der Waals surface area contributed by atoms with Crippen molar-refractivity contribution < 1.29 is 4.79 Å². The molecule has 0 aliphatic carbocycles. The number of carbonyl (C=O) groups is 1. The van der Waals surface area contributed by atoms with Crippen LogP contribution in [0.5, 0.6) is 0 Å². The van der Waals surface area contributed by atoms with Crippen molar-refractivity contribution in [1.82, 2.24) is 15.5 Å². The third-order valence-corrected chi connectivity index (χ3v) is 6.02. The largest absolute Gasteiger partial charge is 0.354 e. The van der Waals surface area contributed by atoms with Gasteiger partial charge in [-0.3, -0.25) is 4.79 Å². The van der Waals surface area contributed by atoms with Gasteiger partial charge in [-0.25, -0.2) is 0 Å². The molecule has 1 amide bonds. The Morgan fingerprint density at radius 2 is 1.83 bits per heavy atom. The molecule has 0 spiro atoms. The maximum Gasteiger partial charge on any atom is 0.225 e. The molecule has 2 heterocycles. The lowest BCUT2D eigenvalue weighted by atomic mass is 9.97. The van der Waals surface area contributed by atoms with Crippen molar-refractivity contribution in [3.05, 3.63) is 76.3 Å². The zero-order valence-corrected chi connectivity index (χ0v) is 18.6. The lowest BCUT2D eigenvalue weighted by Crippen LogP contribution is -2.43. The van der Waals surface area contributed by atoms with Crippen molar-refractivity contribution in [3.63, 3.8) is 0 Å². The lowest BCUT2D eigenvalue weighted by Gasteiger charge is -2.32. The zero-order valence-electron chi connectivity index (χ0n) is 17.0. The van der Waals surface area contributed by atoms with Crippen LogP contribution in [-0.4, -0.2) is 29.2 Å². The van der Waals surface area contributed by atoms with Gasteiger partial charge in [-0.2, -0.15) is 0 Å². The first kappa shape index (κ1) is 20.5. The number of hydrogen-bond acceptors (Lipinski definition) is 4. The summed E-state index contributed by atoms with van der Waals surface area (Å²) in [6.07, 6.45) is 1.87. The molecule has 2 aromatic carbocycles. The smallest absolute Gasteiger partial charge is 0.225 e. The Kier molecular flexibility index (Phi) is 6.43. The number of benzene rings is 2. The SMILES string of the molecule is Cc1ccc(-c2ccc(N3CCCC(C(=O)NCc4ccc(Br)cc4)C3)nn2)cc1. The molecule has 5 nitrogen and oxygen atoms in total. The molecule has 1 saturated heterocycles. The van der Waals surface area contributed by atoms with Crippen LogP contribution < -0.4 is 10.2 Å². The maximum absolute atomic E-state index is 12.7. The van der Waals surface area contributed by atoms with Gasteiger partial charge in [0.05, 0.1) is 11.6 Å². The second-order valence-corrected chi connectivity index (χ2v) is 8.69. The van der Waals surface area contributed by atoms with E-state index in [4.69, 9.17) is 0 Å². The first-order valence-corrected chi connectivity index (χ1v) is 11.1. The molecule has 0 saturated carbocycles. The number of halogens is 1. The number of hydrogen-bond donors (Lipinski definition) is 1. The Morgan fingerprint density at radius 3 is 2.53 bits per heavy atom. The van der Waals surface area contributed by atoms with Gasteiger partial charge in [-0.1, -0.05) is 57.9 Å². The van der Waals surface area contributed by atoms with Crippen LogP contribution in [0, 0.1) is 12.8 Å². The summed E-state index contributed by atoms with van der Waals surface area (Å²) >= 11 is 3.43. The number of nitrogens with zero attached hydrogens (tertiary/aromatic N) is 3. The standard InChI is InChI=1S/C24H25BrN4O/c1-17-4-8-19(9-5-17)22-12-13-23(28-27-22)29-14-2-3-20(16-29)24(30)26-15-18-6-10-21(25)11-7-18/h4-13,20H,2-3,14-16H2,1H3,(H,26,30). The molecule has 30 heavy (non-hydrogen) atoms. The van der Waals surface area contributed by atoms with E-state index in [1.165, 1.54) is 5.56 Å². The molecule has 1 atom stereocenters. The molecule has 4 rings (SSSR count). The van der Waals surface area contributed by atoms with E-state index in [-0.39, 0.29) is 11.8 Å². The Hall–Kier alpha value is -2.73. The highest BCUT2D eigenvalue weighted by Gasteiger charge is 2.26. The van der Waals surface area contributed by atoms with E-state index in [0.717, 1.165) is 46.5 Å². The number of anilines is 1. The van der Waals surface area contributed by atoms with E-state index < -0.39 is 0 Å². The van der Waals surface area contributed by atoms with Crippen LogP contribution in [0.15, 0.2) is 65.1 Å². The van der Waals surface area contributed by atoms with E-state index in [1.807, 2.05) is 36.4 Å². The molecule has 0 radical (unpaired) electrons. The van der Waals surface area contributed by atoms with Gasteiger partial charge in [-0.05, 0) is 49.6 Å². The minimum absolute atomic E-state index is 0.0345. The first-order valence-electron chi connectivity index (χ1n) is 10.3. The number of piperidine rings is 1. The van der Waals surface area contributed by atoms with Crippen LogP contribution in [0.2, 0.25) is 0 Å². The van der Waals surface area contributed by atoms with Gasteiger partial charge >= 0.3 is 0 Å². The van der Waals surface area contributed by atoms with E-state index in [0.29, 0.717) is 13.1 Å². The summed E-state index contributed by atoms with van der Waals surface area (Å²) in [6.45, 7) is 4.19. The third kappa shape index (κ3) is 5.05. The van der Waals surface area contributed by atoms with Crippen molar-refractivity contribution in [2.45, 2.75) is 26.3 Å². The zero-order chi connectivity index (χ0) is 20.9. The second-order valence-electron chi connectivity index (χ2n) is 7.77. The fraction of sp³-hybridized carbons (Fsp3) is 0.292. The number of aromatic nitrogens is 2. The van der Waals surface area contributed by atoms with Crippen molar-refractivity contribution in [2.75, 3.05) is 18.0 Å². The molecule has 1 aromatic heterocycles. The second kappa shape index (κ2) is 9.39. The monoisotopic (exact) mass is 464 g/mol. The first-order chi connectivity index (χ1) is 14.6. The number of rotatable bonds is 5. The normalized spacial score (nSPS) is 16.3. The highest BCUT2D eigenvalue weighted by molar-refractivity contribution is 9.10. The van der Waals surface area contributed by atoms with Crippen LogP contribution in [0.4, 0.5) is 5.82 Å². The number of carbonyl (C=O) groups excluding carboxylic acids is 1. The van der Waals surface area contributed by atoms with Crippen LogP contribution in [-0.2, 0) is 11.3 Å². The lowest BCUT2D eigenvalue weighted by molar-refractivity contribution is -0.125. The average molecular weight is 465 g/mol. The topological polar surface area (TPSA) is 58.1 Å². The highest BCUT2D eigenvalue weighted by Crippen LogP contribution is 2.24. The van der Waals surface area contributed by atoms with Crippen LogP contribution in [0.1, 0.15) is 24.0 Å². The minimum atomic E-state index is -0.0345. The molecule has 0 bridgehead atoms. The van der Waals surface area contributed by atoms with Gasteiger partial charge in [0.1, 0.15) is 0 Å². The summed E-state index contributed by atoms with van der Waals surface area (Å²) in [5.41, 5.74) is 4.24. The highest BCUT2D eigenvalue weighted by atomic mass is 79.9. The van der Waals surface area contributed by atoms with E-state index in [2.05, 4.69) is 67.5 Å². The summed E-state index contributed by atoms with van der Waals surface area (Å²) in [7, 11) is 0. The number of amides is 1. The summed E-state index contributed by atoms with van der Waals surface area (Å²) in [5, 5.41) is 11.9. The van der Waals surface area contributed by atoms with Crippen molar-refractivity contribution in [1.29, 1.82) is 0 Å². The van der Waals surface area contributed by atoms with Crippen LogP contribution in [0.3, 0.4) is 0 Å². The predicted molar refractivity (Wildman–Crippen MR) is 123 cm³/mol. The molecule has 1 N–H and O–H groups in total. The molecule has 1 unspecified atom stereocenters. The quantitative estimate of drug-likeness (QED) is 0.591. The summed E-state index contributed by atoms with van der Waals surface area (Å²) in [4.78, 5) is 14.9. The van der Waals surface area contributed by atoms with Gasteiger partial charge in [0.15, 0.2) is 5.82 Å². The van der Waals surface area contributed by atoms with E-state index >= 15 is 0 Å². The molecule has 1 aliphatic heterocycles. The molecular formula is C24H25BrN4O. The summed E-state index contributed by atoms with van der Waals surface area (Å²) in [5.74, 6) is 0.899. The predicted octanol–water partition coefficient (Wildman–Crippen LogP) is 4.75. The van der Waals surface area contributed by atoms with Gasteiger partial charge in [-0.15, -0.1) is 10.2 Å². The fourth-order valence-electron chi connectivity index (χ4n) is 3.71. The molecular weight excluding hydrogens is 440 g/mol. The summed E-state index contributed by atoms with van der Waals surface area (Å²) < 4.78 is 1.04. The average Bonchev–Trinajstić information content (AvgIpc) is 2.79. The van der Waals surface area contributed by atoms with E-state index in [9.17, 15) is 4.79 Å². The van der Waals surface area contributed by atoms with Crippen molar-refractivity contribution in [2.24, 2.45) is 5.92 Å². The molecule has 154 valence electrons. The Balaban J connectivity index is 1.36. The number of aryl methyl sites for hydroxylation is 1. The molecule has 1 aliphatic rings. The Labute approximate surface area is 185 Å². The van der Waals surface area contributed by atoms with Gasteiger partial charge < -0.3 is 10.2 Å². The van der Waals surface area contributed by atoms with Gasteiger partial charge in [0.2, 0.25) is 5.91 Å². The maximum atomic E-state index is 12.7. The van der Waals surface area contributed by atoms with Crippen molar-refractivity contribution >= 4 is 27.7 Å².